The summed E-state index contributed by atoms with van der Waals surface area (Å²) in [6, 6.07) is 7.59. The molecular weight excluding hydrogens is 352 g/mol. The molecular formula is C15H13ClN4O5. The van der Waals surface area contributed by atoms with Crippen molar-refractivity contribution in [1.29, 1.82) is 0 Å². The van der Waals surface area contributed by atoms with Crippen LogP contribution in [0.5, 0.6) is 0 Å². The van der Waals surface area contributed by atoms with Gasteiger partial charge in [-0.05, 0) is 18.2 Å². The molecule has 0 aliphatic heterocycles. The van der Waals surface area contributed by atoms with Crippen LogP contribution in [0.4, 0.5) is 22.7 Å². The molecule has 2 aromatic rings. The van der Waals surface area contributed by atoms with Crippen molar-refractivity contribution in [2.45, 2.75) is 0 Å². The van der Waals surface area contributed by atoms with Crippen molar-refractivity contribution in [3.8, 4) is 0 Å². The van der Waals surface area contributed by atoms with E-state index in [1.807, 2.05) is 0 Å². The number of hydrogen-bond acceptors (Lipinski definition) is 6. The second-order valence-corrected chi connectivity index (χ2v) is 5.70. The third-order valence-electron chi connectivity index (χ3n) is 3.27. The number of nitrogens with one attached hydrogen (secondary N) is 1. The molecule has 0 aliphatic carbocycles. The molecule has 0 atom stereocenters. The maximum atomic E-state index is 12.4. The van der Waals surface area contributed by atoms with Crippen molar-refractivity contribution in [3.63, 3.8) is 0 Å². The van der Waals surface area contributed by atoms with Crippen LogP contribution < -0.4 is 10.2 Å². The van der Waals surface area contributed by atoms with E-state index < -0.39 is 27.1 Å². The van der Waals surface area contributed by atoms with Gasteiger partial charge in [0.1, 0.15) is 0 Å². The fourth-order valence-electron chi connectivity index (χ4n) is 2.13. The summed E-state index contributed by atoms with van der Waals surface area (Å²) in [7, 11) is 3.52. The van der Waals surface area contributed by atoms with Crippen LogP contribution in [-0.2, 0) is 0 Å². The Labute approximate surface area is 147 Å². The van der Waals surface area contributed by atoms with Crippen LogP contribution in [0.25, 0.3) is 0 Å². The fraction of sp³-hybridized carbons (Fsp3) is 0.133. The normalized spacial score (nSPS) is 10.2. The van der Waals surface area contributed by atoms with Gasteiger partial charge in [-0.25, -0.2) is 0 Å². The lowest BCUT2D eigenvalue weighted by Gasteiger charge is -2.18. The van der Waals surface area contributed by atoms with E-state index in [0.29, 0.717) is 16.4 Å². The molecule has 0 spiro atoms. The van der Waals surface area contributed by atoms with Crippen LogP contribution >= 0.6 is 11.6 Å². The van der Waals surface area contributed by atoms with E-state index in [4.69, 9.17) is 11.6 Å². The first-order chi connectivity index (χ1) is 11.7. The molecule has 2 aromatic carbocycles. The molecule has 130 valence electrons. The number of halogens is 1. The van der Waals surface area contributed by atoms with Gasteiger partial charge in [-0.1, -0.05) is 11.6 Å². The number of carbonyl (C=O) groups excluding carboxylic acids is 1. The third-order valence-corrected chi connectivity index (χ3v) is 3.51. The molecule has 0 radical (unpaired) electrons. The van der Waals surface area contributed by atoms with Crippen molar-refractivity contribution in [2.75, 3.05) is 24.3 Å². The van der Waals surface area contributed by atoms with E-state index in [1.165, 1.54) is 6.07 Å². The van der Waals surface area contributed by atoms with E-state index >= 15 is 0 Å². The molecule has 0 unspecified atom stereocenters. The topological polar surface area (TPSA) is 119 Å². The van der Waals surface area contributed by atoms with Gasteiger partial charge < -0.3 is 10.2 Å². The number of benzene rings is 2. The first-order valence-electron chi connectivity index (χ1n) is 6.91. The Morgan fingerprint density at radius 3 is 2.08 bits per heavy atom. The summed E-state index contributed by atoms with van der Waals surface area (Å²) in [5.74, 6) is -0.725. The molecule has 0 saturated heterocycles. The van der Waals surface area contributed by atoms with E-state index in [2.05, 4.69) is 5.32 Å². The number of nitro groups is 2. The highest BCUT2D eigenvalue weighted by molar-refractivity contribution is 6.31. The average Bonchev–Trinajstić information content (AvgIpc) is 2.54. The zero-order valence-electron chi connectivity index (χ0n) is 13.2. The quantitative estimate of drug-likeness (QED) is 0.640. The highest BCUT2D eigenvalue weighted by atomic mass is 35.5. The molecule has 0 heterocycles. The molecule has 1 amide bonds. The molecule has 1 N–H and O–H groups in total. The predicted octanol–water partition coefficient (Wildman–Crippen LogP) is 3.47. The van der Waals surface area contributed by atoms with Gasteiger partial charge in [0.25, 0.3) is 17.3 Å². The molecule has 10 heteroatoms. The number of rotatable bonds is 5. The lowest BCUT2D eigenvalue weighted by atomic mass is 10.1. The Kier molecular flexibility index (Phi) is 5.18. The lowest BCUT2D eigenvalue weighted by Crippen LogP contribution is -2.17. The third kappa shape index (κ3) is 4.21. The molecule has 0 aliphatic rings. The highest BCUT2D eigenvalue weighted by Gasteiger charge is 2.20. The van der Waals surface area contributed by atoms with E-state index in [-0.39, 0.29) is 5.56 Å². The molecule has 0 aromatic heterocycles. The largest absolute Gasteiger partial charge is 0.376 e. The number of non-ortho nitro benzene ring substituents is 2. The van der Waals surface area contributed by atoms with Gasteiger partial charge in [-0.15, -0.1) is 0 Å². The Balaban J connectivity index is 2.44. The lowest BCUT2D eigenvalue weighted by molar-refractivity contribution is -0.394. The van der Waals surface area contributed by atoms with Crippen molar-refractivity contribution < 1.29 is 14.6 Å². The summed E-state index contributed by atoms with van der Waals surface area (Å²) >= 11 is 5.94. The summed E-state index contributed by atoms with van der Waals surface area (Å²) in [5.41, 5.74) is -0.267. The number of nitro benzene ring substituents is 2. The van der Waals surface area contributed by atoms with Gasteiger partial charge in [-0.2, -0.15) is 0 Å². The first kappa shape index (κ1) is 18.1. The maximum absolute atomic E-state index is 12.4. The zero-order valence-corrected chi connectivity index (χ0v) is 14.0. The van der Waals surface area contributed by atoms with Gasteiger partial charge in [0.15, 0.2) is 0 Å². The van der Waals surface area contributed by atoms with E-state index in [1.54, 1.807) is 31.1 Å². The van der Waals surface area contributed by atoms with Crippen LogP contribution in [0.3, 0.4) is 0 Å². The number of nitrogens with zero attached hydrogens (tertiary/aromatic N) is 3. The molecule has 0 bridgehead atoms. The Morgan fingerprint density at radius 1 is 1.04 bits per heavy atom. The number of anilines is 2. The Bertz CT molecular complexity index is 837. The molecule has 25 heavy (non-hydrogen) atoms. The second kappa shape index (κ2) is 7.14. The maximum Gasteiger partial charge on any atom is 0.277 e. The molecule has 2 rings (SSSR count). The van der Waals surface area contributed by atoms with Crippen LogP contribution in [0.2, 0.25) is 5.02 Å². The summed E-state index contributed by atoms with van der Waals surface area (Å²) in [4.78, 5) is 34.4. The van der Waals surface area contributed by atoms with Gasteiger partial charge in [0.05, 0.1) is 32.9 Å². The predicted molar refractivity (Wildman–Crippen MR) is 93.5 cm³/mol. The SMILES string of the molecule is CN(C)c1ccc(Cl)cc1NC(=O)c1cc([N+](=O)[O-])cc([N+](=O)[O-])c1. The van der Waals surface area contributed by atoms with E-state index in [9.17, 15) is 25.0 Å². The van der Waals surface area contributed by atoms with Crippen molar-refractivity contribution >= 4 is 40.3 Å². The van der Waals surface area contributed by atoms with Crippen LogP contribution in [0.15, 0.2) is 36.4 Å². The minimum absolute atomic E-state index is 0.203. The zero-order chi connectivity index (χ0) is 18.7. The standard InChI is InChI=1S/C15H13ClN4O5/c1-18(2)14-4-3-10(16)7-13(14)17-15(21)9-5-11(19(22)23)8-12(6-9)20(24)25/h3-8H,1-2H3,(H,17,21). The summed E-state index contributed by atoms with van der Waals surface area (Å²) in [6.07, 6.45) is 0. The minimum Gasteiger partial charge on any atom is -0.376 e. The smallest absolute Gasteiger partial charge is 0.277 e. The minimum atomic E-state index is -0.797. The molecule has 0 fully saturated rings. The second-order valence-electron chi connectivity index (χ2n) is 5.26. The Morgan fingerprint density at radius 2 is 1.60 bits per heavy atom. The first-order valence-corrected chi connectivity index (χ1v) is 7.29. The summed E-state index contributed by atoms with van der Waals surface area (Å²) in [5, 5.41) is 24.8. The van der Waals surface area contributed by atoms with Crippen LogP contribution in [0, 0.1) is 20.2 Å². The van der Waals surface area contributed by atoms with Gasteiger partial charge in [0, 0.05) is 31.3 Å². The van der Waals surface area contributed by atoms with Crippen molar-refractivity contribution in [3.05, 3.63) is 67.2 Å². The monoisotopic (exact) mass is 364 g/mol. The van der Waals surface area contributed by atoms with Crippen molar-refractivity contribution in [2.24, 2.45) is 0 Å². The number of hydrogen-bond donors (Lipinski definition) is 1. The van der Waals surface area contributed by atoms with Gasteiger partial charge >= 0.3 is 0 Å². The fourth-order valence-corrected chi connectivity index (χ4v) is 2.30. The van der Waals surface area contributed by atoms with Crippen LogP contribution in [0.1, 0.15) is 10.4 Å². The Hall–Kier alpha value is -3.20. The summed E-state index contributed by atoms with van der Waals surface area (Å²) < 4.78 is 0. The van der Waals surface area contributed by atoms with Crippen LogP contribution in [-0.4, -0.2) is 29.8 Å². The molecule has 0 saturated carbocycles. The average molecular weight is 365 g/mol. The van der Waals surface area contributed by atoms with Gasteiger partial charge in [0.2, 0.25) is 0 Å². The van der Waals surface area contributed by atoms with E-state index in [0.717, 1.165) is 18.2 Å². The molecule has 9 nitrogen and oxygen atoms in total. The number of carbonyl (C=O) groups is 1. The summed E-state index contributed by atoms with van der Waals surface area (Å²) in [6.45, 7) is 0. The van der Waals surface area contributed by atoms with Crippen molar-refractivity contribution in [1.82, 2.24) is 0 Å². The number of amides is 1. The highest BCUT2D eigenvalue weighted by Crippen LogP contribution is 2.29. The van der Waals surface area contributed by atoms with Gasteiger partial charge in [-0.3, -0.25) is 25.0 Å².